The summed E-state index contributed by atoms with van der Waals surface area (Å²) < 4.78 is 0.735. The first-order valence-electron chi connectivity index (χ1n) is 11.9. The van der Waals surface area contributed by atoms with Crippen LogP contribution in [0.2, 0.25) is 0 Å². The van der Waals surface area contributed by atoms with Gasteiger partial charge in [0.2, 0.25) is 0 Å². The number of aliphatic hydroxyl groups is 1. The average Bonchev–Trinajstić information content (AvgIpc) is 2.60. The average molecular weight is 402 g/mol. The monoisotopic (exact) mass is 401 g/mol. The summed E-state index contributed by atoms with van der Waals surface area (Å²) >= 11 is 0. The minimum absolute atomic E-state index is 0.249. The predicted octanol–water partition coefficient (Wildman–Crippen LogP) is 5.42. The first-order valence-corrected chi connectivity index (χ1v) is 11.9. The molecule has 28 heavy (non-hydrogen) atoms. The van der Waals surface area contributed by atoms with Gasteiger partial charge in [0, 0.05) is 12.9 Å². The van der Waals surface area contributed by atoms with Gasteiger partial charge in [-0.1, -0.05) is 96.8 Å². The summed E-state index contributed by atoms with van der Waals surface area (Å²) in [6, 6.07) is 0. The molecule has 0 saturated heterocycles. The molecular formula is C24H51NO3. The molecule has 170 valence electrons. The summed E-state index contributed by atoms with van der Waals surface area (Å²) in [6.07, 6.45) is 22.4. The van der Waals surface area contributed by atoms with E-state index >= 15 is 0 Å². The van der Waals surface area contributed by atoms with Crippen molar-refractivity contribution in [1.29, 1.82) is 0 Å². The van der Waals surface area contributed by atoms with Gasteiger partial charge in [0.1, 0.15) is 0 Å². The summed E-state index contributed by atoms with van der Waals surface area (Å²) in [5, 5.41) is 18.6. The number of aliphatic carboxylic acids is 1. The van der Waals surface area contributed by atoms with Gasteiger partial charge in [-0.3, -0.25) is 0 Å². The maximum Gasteiger partial charge on any atom is 0.187 e. The molecule has 0 aliphatic rings. The van der Waals surface area contributed by atoms with Crippen LogP contribution < -0.4 is 5.11 Å². The third kappa shape index (κ3) is 25.4. The molecule has 4 heteroatoms. The molecule has 0 radical (unpaired) electrons. The van der Waals surface area contributed by atoms with E-state index in [0.717, 1.165) is 18.0 Å². The maximum atomic E-state index is 9.68. The van der Waals surface area contributed by atoms with E-state index < -0.39 is 5.97 Å². The summed E-state index contributed by atoms with van der Waals surface area (Å²) in [5.74, 6) is -1.08. The van der Waals surface area contributed by atoms with Crippen molar-refractivity contribution < 1.29 is 19.5 Å². The van der Waals surface area contributed by atoms with Crippen molar-refractivity contribution in [2.75, 3.05) is 20.6 Å². The van der Waals surface area contributed by atoms with Crippen LogP contribution in [0.25, 0.3) is 0 Å². The van der Waals surface area contributed by atoms with Crippen LogP contribution in [0.15, 0.2) is 0 Å². The lowest BCUT2D eigenvalue weighted by Crippen LogP contribution is -2.47. The molecule has 0 aromatic rings. The van der Waals surface area contributed by atoms with Gasteiger partial charge in [-0.2, -0.15) is 0 Å². The zero-order chi connectivity index (χ0) is 21.7. The summed E-state index contributed by atoms with van der Waals surface area (Å²) in [4.78, 5) is 8.89. The summed E-state index contributed by atoms with van der Waals surface area (Å²) in [5.41, 5.74) is 0. The lowest BCUT2D eigenvalue weighted by atomic mass is 10.0. The zero-order valence-electron chi connectivity index (χ0n) is 19.8. The van der Waals surface area contributed by atoms with Crippen LogP contribution >= 0.6 is 0 Å². The first kappa shape index (κ1) is 29.6. The molecule has 0 fully saturated rings. The molecule has 0 aromatic heterocycles. The Balaban J connectivity index is 0. The normalized spacial score (nSPS) is 12.4. The Hall–Kier alpha value is -0.610. The number of carbonyl (C=O) groups is 1. The molecule has 0 bridgehead atoms. The molecule has 0 heterocycles. The van der Waals surface area contributed by atoms with Gasteiger partial charge in [-0.15, -0.1) is 0 Å². The van der Waals surface area contributed by atoms with Gasteiger partial charge in [0.25, 0.3) is 0 Å². The Labute approximate surface area is 176 Å². The van der Waals surface area contributed by atoms with Gasteiger partial charge in [-0.05, 0) is 19.8 Å². The molecule has 1 atom stereocenters. The van der Waals surface area contributed by atoms with Crippen LogP contribution in [0.1, 0.15) is 124 Å². The molecule has 0 rings (SSSR count). The quantitative estimate of drug-likeness (QED) is 0.189. The number of carbonyl (C=O) groups excluding carboxylic acids is 1. The molecule has 0 amide bonds. The smallest absolute Gasteiger partial charge is 0.187 e. The van der Waals surface area contributed by atoms with Gasteiger partial charge >= 0.3 is 0 Å². The van der Waals surface area contributed by atoms with Crippen LogP contribution in [-0.2, 0) is 4.79 Å². The number of nitrogens with zero attached hydrogens (tertiary/aromatic N) is 1. The highest BCUT2D eigenvalue weighted by molar-refractivity contribution is 5.60. The fourth-order valence-electron chi connectivity index (χ4n) is 3.25. The molecule has 0 aromatic carbocycles. The number of quaternary nitrogens is 1. The van der Waals surface area contributed by atoms with Gasteiger partial charge in [0.15, 0.2) is 6.23 Å². The van der Waals surface area contributed by atoms with E-state index in [0.29, 0.717) is 0 Å². The van der Waals surface area contributed by atoms with E-state index in [2.05, 4.69) is 21.0 Å². The SMILES string of the molecule is CC(=O)[O-].CCCCCCCCCCCCCCCCCC[N+](C)(C)C(C)O. The van der Waals surface area contributed by atoms with E-state index in [-0.39, 0.29) is 6.23 Å². The molecule has 1 unspecified atom stereocenters. The number of hydrogen-bond acceptors (Lipinski definition) is 3. The number of hydrogen-bond donors (Lipinski definition) is 1. The van der Waals surface area contributed by atoms with Crippen LogP contribution in [0.5, 0.6) is 0 Å². The van der Waals surface area contributed by atoms with Gasteiger partial charge < -0.3 is 19.5 Å². The Morgan fingerprint density at radius 2 is 1.00 bits per heavy atom. The van der Waals surface area contributed by atoms with E-state index in [4.69, 9.17) is 9.90 Å². The number of rotatable bonds is 18. The Bertz CT molecular complexity index is 326. The molecule has 0 aliphatic heterocycles. The third-order valence-corrected chi connectivity index (χ3v) is 5.60. The highest BCUT2D eigenvalue weighted by atomic mass is 16.4. The van der Waals surface area contributed by atoms with Crippen molar-refractivity contribution in [2.45, 2.75) is 130 Å². The first-order chi connectivity index (χ1) is 13.2. The van der Waals surface area contributed by atoms with Crippen molar-refractivity contribution in [1.82, 2.24) is 0 Å². The van der Waals surface area contributed by atoms with Gasteiger partial charge in [0.05, 0.1) is 20.6 Å². The van der Waals surface area contributed by atoms with E-state index in [9.17, 15) is 5.11 Å². The molecule has 4 nitrogen and oxygen atoms in total. The summed E-state index contributed by atoms with van der Waals surface area (Å²) in [7, 11) is 4.24. The third-order valence-electron chi connectivity index (χ3n) is 5.60. The van der Waals surface area contributed by atoms with Crippen molar-refractivity contribution in [3.63, 3.8) is 0 Å². The zero-order valence-corrected chi connectivity index (χ0v) is 19.8. The minimum atomic E-state index is -1.08. The van der Waals surface area contributed by atoms with Crippen LogP contribution in [-0.4, -0.2) is 42.4 Å². The summed E-state index contributed by atoms with van der Waals surface area (Å²) in [6.45, 7) is 6.25. The lowest BCUT2D eigenvalue weighted by Gasteiger charge is -2.32. The Morgan fingerprint density at radius 1 is 0.750 bits per heavy atom. The van der Waals surface area contributed by atoms with Crippen LogP contribution in [0.3, 0.4) is 0 Å². The number of aliphatic hydroxyl groups excluding tert-OH is 1. The van der Waals surface area contributed by atoms with Crippen LogP contribution in [0, 0.1) is 0 Å². The fraction of sp³-hybridized carbons (Fsp3) is 0.958. The van der Waals surface area contributed by atoms with Gasteiger partial charge in [-0.25, -0.2) is 0 Å². The van der Waals surface area contributed by atoms with Crippen molar-refractivity contribution in [3.8, 4) is 0 Å². The molecule has 1 N–H and O–H groups in total. The molecule has 0 saturated carbocycles. The second kappa shape index (κ2) is 21.1. The number of carboxylic acid groups (broad SMARTS) is 1. The maximum absolute atomic E-state index is 9.68. The molecule has 0 spiro atoms. The standard InChI is InChI=1S/C22H48NO.C2H4O2/c1-5-6-7-8-9-10-11-12-13-14-15-16-17-18-19-20-21-23(3,4)22(2)24;1-2(3)4/h22,24H,5-21H2,1-4H3;1H3,(H,3,4)/q+1;/p-1. The highest BCUT2D eigenvalue weighted by Crippen LogP contribution is 2.14. The second-order valence-corrected chi connectivity index (χ2v) is 8.93. The lowest BCUT2D eigenvalue weighted by molar-refractivity contribution is -0.934. The Morgan fingerprint density at radius 3 is 1.25 bits per heavy atom. The Kier molecular flexibility index (Phi) is 22.3. The minimum Gasteiger partial charge on any atom is -0.550 e. The second-order valence-electron chi connectivity index (χ2n) is 8.93. The highest BCUT2D eigenvalue weighted by Gasteiger charge is 2.20. The number of unbranched alkanes of at least 4 members (excludes halogenated alkanes) is 15. The van der Waals surface area contributed by atoms with Crippen LogP contribution in [0.4, 0.5) is 0 Å². The van der Waals surface area contributed by atoms with E-state index in [1.807, 2.05) is 6.92 Å². The molecule has 0 aliphatic carbocycles. The van der Waals surface area contributed by atoms with Crippen molar-refractivity contribution in [3.05, 3.63) is 0 Å². The fourth-order valence-corrected chi connectivity index (χ4v) is 3.25. The largest absolute Gasteiger partial charge is 0.550 e. The van der Waals surface area contributed by atoms with E-state index in [1.165, 1.54) is 103 Å². The van der Waals surface area contributed by atoms with Crippen molar-refractivity contribution in [2.24, 2.45) is 0 Å². The number of carboxylic acids is 1. The predicted molar refractivity (Wildman–Crippen MR) is 119 cm³/mol. The topological polar surface area (TPSA) is 60.4 Å². The van der Waals surface area contributed by atoms with Crippen molar-refractivity contribution >= 4 is 5.97 Å². The van der Waals surface area contributed by atoms with E-state index in [1.54, 1.807) is 0 Å². The molecular weight excluding hydrogens is 350 g/mol.